The Kier molecular flexibility index (Phi) is 6.87. The van der Waals surface area contributed by atoms with Crippen LogP contribution in [0.5, 0.6) is 5.75 Å². The van der Waals surface area contributed by atoms with E-state index >= 15 is 0 Å². The minimum atomic E-state index is -3.82. The summed E-state index contributed by atoms with van der Waals surface area (Å²) in [6.45, 7) is 5.63. The Balaban J connectivity index is 1.64. The predicted molar refractivity (Wildman–Crippen MR) is 123 cm³/mol. The van der Waals surface area contributed by atoms with Crippen LogP contribution in [0, 0.1) is 13.8 Å². The van der Waals surface area contributed by atoms with Gasteiger partial charge in [-0.1, -0.05) is 29.8 Å². The molecule has 0 fully saturated rings. The van der Waals surface area contributed by atoms with Gasteiger partial charge in [0.2, 0.25) is 0 Å². The molecule has 6 nitrogen and oxygen atoms in total. The number of halogens is 1. The third-order valence-corrected chi connectivity index (χ3v) is 6.42. The van der Waals surface area contributed by atoms with Gasteiger partial charge in [-0.05, 0) is 80.4 Å². The van der Waals surface area contributed by atoms with E-state index in [2.05, 4.69) is 10.0 Å². The van der Waals surface area contributed by atoms with E-state index in [0.717, 1.165) is 11.1 Å². The van der Waals surface area contributed by atoms with E-state index in [1.807, 2.05) is 32.0 Å². The van der Waals surface area contributed by atoms with Crippen molar-refractivity contribution in [1.82, 2.24) is 0 Å². The van der Waals surface area contributed by atoms with E-state index < -0.39 is 16.1 Å². The Morgan fingerprint density at radius 1 is 0.968 bits per heavy atom. The maximum absolute atomic E-state index is 12.6. The number of rotatable bonds is 7. The number of sulfonamides is 1. The van der Waals surface area contributed by atoms with Crippen LogP contribution in [0.1, 0.15) is 18.1 Å². The molecule has 31 heavy (non-hydrogen) atoms. The molecule has 0 aliphatic carbocycles. The summed E-state index contributed by atoms with van der Waals surface area (Å²) < 4.78 is 33.3. The standard InChI is InChI=1S/C23H23ClN2O4S/c1-15-8-11-19(14-16(15)2)30-17(3)23(27)25-18-9-12-20(13-10-18)31(28,29)26-22-7-5-4-6-21(22)24/h4-14,17,26H,1-3H3,(H,25,27)/t17-/m1/s1. The van der Waals surface area contributed by atoms with Crippen molar-refractivity contribution in [3.63, 3.8) is 0 Å². The summed E-state index contributed by atoms with van der Waals surface area (Å²) in [4.78, 5) is 12.5. The third kappa shape index (κ3) is 5.77. The molecule has 0 heterocycles. The van der Waals surface area contributed by atoms with Crippen LogP contribution in [-0.2, 0) is 14.8 Å². The van der Waals surface area contributed by atoms with Crippen molar-refractivity contribution in [3.8, 4) is 5.75 Å². The van der Waals surface area contributed by atoms with Gasteiger partial charge in [-0.25, -0.2) is 8.42 Å². The molecule has 1 amide bonds. The van der Waals surface area contributed by atoms with E-state index in [1.165, 1.54) is 24.3 Å². The lowest BCUT2D eigenvalue weighted by atomic mass is 10.1. The second kappa shape index (κ2) is 9.41. The van der Waals surface area contributed by atoms with E-state index in [-0.39, 0.29) is 10.8 Å². The average molecular weight is 459 g/mol. The highest BCUT2D eigenvalue weighted by atomic mass is 35.5. The van der Waals surface area contributed by atoms with Crippen LogP contribution in [0.4, 0.5) is 11.4 Å². The molecule has 0 aliphatic heterocycles. The molecule has 2 N–H and O–H groups in total. The Morgan fingerprint density at radius 2 is 1.65 bits per heavy atom. The van der Waals surface area contributed by atoms with Crippen LogP contribution in [-0.4, -0.2) is 20.4 Å². The molecule has 3 rings (SSSR count). The number of carbonyl (C=O) groups is 1. The van der Waals surface area contributed by atoms with Gasteiger partial charge in [0.1, 0.15) is 5.75 Å². The minimum Gasteiger partial charge on any atom is -0.481 e. The van der Waals surface area contributed by atoms with Crippen molar-refractivity contribution >= 4 is 38.9 Å². The van der Waals surface area contributed by atoms with Crippen LogP contribution in [0.25, 0.3) is 0 Å². The fraction of sp³-hybridized carbons (Fsp3) is 0.174. The second-order valence-corrected chi connectivity index (χ2v) is 9.19. The molecule has 3 aromatic rings. The highest BCUT2D eigenvalue weighted by Gasteiger charge is 2.18. The van der Waals surface area contributed by atoms with Gasteiger partial charge in [-0.3, -0.25) is 9.52 Å². The normalized spacial score (nSPS) is 12.1. The number of nitrogens with one attached hydrogen (secondary N) is 2. The first-order chi connectivity index (χ1) is 14.7. The zero-order valence-electron chi connectivity index (χ0n) is 17.3. The number of ether oxygens (including phenoxy) is 1. The third-order valence-electron chi connectivity index (χ3n) is 4.71. The number of para-hydroxylation sites is 1. The fourth-order valence-electron chi connectivity index (χ4n) is 2.75. The van der Waals surface area contributed by atoms with Gasteiger partial charge in [0, 0.05) is 5.69 Å². The van der Waals surface area contributed by atoms with Crippen LogP contribution in [0.3, 0.4) is 0 Å². The maximum Gasteiger partial charge on any atom is 0.265 e. The van der Waals surface area contributed by atoms with E-state index in [1.54, 1.807) is 31.2 Å². The van der Waals surface area contributed by atoms with Crippen LogP contribution >= 0.6 is 11.6 Å². The smallest absolute Gasteiger partial charge is 0.265 e. The summed E-state index contributed by atoms with van der Waals surface area (Å²) >= 11 is 6.02. The van der Waals surface area contributed by atoms with E-state index in [9.17, 15) is 13.2 Å². The summed E-state index contributed by atoms with van der Waals surface area (Å²) in [5.41, 5.74) is 2.96. The molecule has 1 atom stereocenters. The molecule has 162 valence electrons. The molecule has 0 aliphatic rings. The number of carbonyl (C=O) groups excluding carboxylic acids is 1. The number of amides is 1. The van der Waals surface area contributed by atoms with Crippen molar-refractivity contribution < 1.29 is 17.9 Å². The summed E-state index contributed by atoms with van der Waals surface area (Å²) in [6.07, 6.45) is -0.729. The summed E-state index contributed by atoms with van der Waals surface area (Å²) in [7, 11) is -3.82. The van der Waals surface area contributed by atoms with Gasteiger partial charge in [0.05, 0.1) is 15.6 Å². The van der Waals surface area contributed by atoms with Crippen molar-refractivity contribution in [2.75, 3.05) is 10.0 Å². The lowest BCUT2D eigenvalue weighted by molar-refractivity contribution is -0.122. The van der Waals surface area contributed by atoms with Gasteiger partial charge in [0.15, 0.2) is 6.10 Å². The predicted octanol–water partition coefficient (Wildman–Crippen LogP) is 5.16. The van der Waals surface area contributed by atoms with Crippen LogP contribution in [0.2, 0.25) is 5.02 Å². The lowest BCUT2D eigenvalue weighted by Crippen LogP contribution is -2.30. The van der Waals surface area contributed by atoms with Crippen LogP contribution in [0.15, 0.2) is 71.6 Å². The maximum atomic E-state index is 12.6. The van der Waals surface area contributed by atoms with Gasteiger partial charge >= 0.3 is 0 Å². The van der Waals surface area contributed by atoms with Crippen molar-refractivity contribution in [2.45, 2.75) is 31.8 Å². The molecular weight excluding hydrogens is 436 g/mol. The zero-order valence-corrected chi connectivity index (χ0v) is 18.9. The SMILES string of the molecule is Cc1ccc(O[C@H](C)C(=O)Nc2ccc(S(=O)(=O)Nc3ccccc3Cl)cc2)cc1C. The molecule has 0 saturated heterocycles. The molecule has 0 radical (unpaired) electrons. The molecular formula is C23H23ClN2O4S. The Hall–Kier alpha value is -3.03. The monoisotopic (exact) mass is 458 g/mol. The number of anilines is 2. The van der Waals surface area contributed by atoms with Gasteiger partial charge < -0.3 is 10.1 Å². The highest BCUT2D eigenvalue weighted by Crippen LogP contribution is 2.25. The van der Waals surface area contributed by atoms with Gasteiger partial charge in [-0.15, -0.1) is 0 Å². The number of benzene rings is 3. The fourth-order valence-corrected chi connectivity index (χ4v) is 4.07. The second-order valence-electron chi connectivity index (χ2n) is 7.11. The van der Waals surface area contributed by atoms with Crippen LogP contribution < -0.4 is 14.8 Å². The molecule has 0 saturated carbocycles. The number of aryl methyl sites for hydroxylation is 2. The number of hydrogen-bond acceptors (Lipinski definition) is 4. The summed E-state index contributed by atoms with van der Waals surface area (Å²) in [6, 6.07) is 18.0. The van der Waals surface area contributed by atoms with E-state index in [4.69, 9.17) is 16.3 Å². The largest absolute Gasteiger partial charge is 0.481 e. The summed E-state index contributed by atoms with van der Waals surface area (Å²) in [5.74, 6) is 0.265. The van der Waals surface area contributed by atoms with Crippen molar-refractivity contribution in [3.05, 3.63) is 82.9 Å². The van der Waals surface area contributed by atoms with Crippen molar-refractivity contribution in [1.29, 1.82) is 0 Å². The number of hydrogen-bond donors (Lipinski definition) is 2. The zero-order chi connectivity index (χ0) is 22.6. The summed E-state index contributed by atoms with van der Waals surface area (Å²) in [5, 5.41) is 3.02. The first-order valence-corrected chi connectivity index (χ1v) is 11.4. The van der Waals surface area contributed by atoms with Gasteiger partial charge in [-0.2, -0.15) is 0 Å². The highest BCUT2D eigenvalue weighted by molar-refractivity contribution is 7.92. The van der Waals surface area contributed by atoms with Gasteiger partial charge in [0.25, 0.3) is 15.9 Å². The van der Waals surface area contributed by atoms with Crippen molar-refractivity contribution in [2.24, 2.45) is 0 Å². The molecule has 8 heteroatoms. The topological polar surface area (TPSA) is 84.5 Å². The molecule has 3 aromatic carbocycles. The molecule has 0 aromatic heterocycles. The Bertz CT molecular complexity index is 1190. The Morgan fingerprint density at radius 3 is 2.29 bits per heavy atom. The quantitative estimate of drug-likeness (QED) is 0.512. The van der Waals surface area contributed by atoms with E-state index in [0.29, 0.717) is 22.1 Å². The first-order valence-electron chi connectivity index (χ1n) is 9.58. The molecule has 0 spiro atoms. The minimum absolute atomic E-state index is 0.0462. The molecule has 0 unspecified atom stereocenters. The molecule has 0 bridgehead atoms. The average Bonchev–Trinajstić information content (AvgIpc) is 2.72. The first kappa shape index (κ1) is 22.7. The lowest BCUT2D eigenvalue weighted by Gasteiger charge is -2.16. The Labute approximate surface area is 187 Å².